The van der Waals surface area contributed by atoms with Crippen LogP contribution in [0, 0.1) is 49.4 Å². The third kappa shape index (κ3) is 114. The minimum atomic E-state index is -3.11. The molecule has 0 bridgehead atoms. The van der Waals surface area contributed by atoms with Crippen molar-refractivity contribution in [1.29, 1.82) is 0 Å². The van der Waals surface area contributed by atoms with E-state index in [4.69, 9.17) is 26.6 Å². The molecule has 0 N–H and O–H groups in total. The molecule has 0 aromatic carbocycles. The average molecular weight is 400 g/mol. The Morgan fingerprint density at radius 3 is 0.800 bits per heavy atom. The fourth-order valence-corrected chi connectivity index (χ4v) is 0. The van der Waals surface area contributed by atoms with Crippen LogP contribution >= 0.6 is 0 Å². The first-order valence-electron chi connectivity index (χ1n) is 1.00. The topological polar surface area (TPSA) is 126 Å². The molecular weight excluding hydrogens is 400 g/mol. The van der Waals surface area contributed by atoms with Crippen LogP contribution in [0.1, 0.15) is 0 Å². The van der Waals surface area contributed by atoms with Gasteiger partial charge in [0.15, 0.2) is 0 Å². The third-order valence-corrected chi connectivity index (χ3v) is 0. The van der Waals surface area contributed by atoms with Gasteiger partial charge in [0.05, 0.1) is 0 Å². The molecule has 10 heavy (non-hydrogen) atoms. The van der Waals surface area contributed by atoms with Crippen LogP contribution in [0.3, 0.4) is 0 Å². The number of hydrogen-bond acceptors (Lipinski definition) is 6. The van der Waals surface area contributed by atoms with Crippen molar-refractivity contribution >= 4 is 68.2 Å². The molecule has 0 aromatic heterocycles. The average Bonchev–Trinajstić information content (AvgIpc) is 1.25. The van der Waals surface area contributed by atoms with Gasteiger partial charge >= 0.3 is 94.9 Å². The summed E-state index contributed by atoms with van der Waals surface area (Å²) in [6.07, 6.45) is 0. The molecular formula is EuO6S2Sr. The van der Waals surface area contributed by atoms with Gasteiger partial charge in [-0.1, -0.05) is 0 Å². The van der Waals surface area contributed by atoms with E-state index in [2.05, 4.69) is 0 Å². The molecule has 6 nitrogen and oxygen atoms in total. The van der Waals surface area contributed by atoms with Gasteiger partial charge in [0.2, 0.25) is 0 Å². The number of rotatable bonds is 0. The fraction of sp³-hybridized carbons (Fsp3) is 0. The summed E-state index contributed by atoms with van der Waals surface area (Å²) in [4.78, 5) is 0. The first kappa shape index (κ1) is 23.2. The van der Waals surface area contributed by atoms with E-state index in [-0.39, 0.29) is 94.9 Å². The van der Waals surface area contributed by atoms with Gasteiger partial charge in [0, 0.05) is 0 Å². The van der Waals surface area contributed by atoms with E-state index in [0.29, 0.717) is 0 Å². The molecule has 0 saturated carbocycles. The van der Waals surface area contributed by atoms with Crippen molar-refractivity contribution in [3.63, 3.8) is 0 Å². The van der Waals surface area contributed by atoms with E-state index in [1.165, 1.54) is 0 Å². The summed E-state index contributed by atoms with van der Waals surface area (Å²) in [7, 11) is 0. The van der Waals surface area contributed by atoms with E-state index in [1.54, 1.807) is 0 Å². The number of hydrogen-bond donors (Lipinski definition) is 0. The zero-order valence-electron chi connectivity index (χ0n) is 4.35. The molecule has 0 spiro atoms. The van der Waals surface area contributed by atoms with Gasteiger partial charge in [0.1, 0.15) is 0 Å². The maximum absolute atomic E-state index is 8.44. The van der Waals surface area contributed by atoms with Crippen LogP contribution in [0.5, 0.6) is 0 Å². The molecule has 0 rings (SSSR count). The van der Waals surface area contributed by atoms with Crippen LogP contribution < -0.4 is 0 Å². The van der Waals surface area contributed by atoms with Crippen LogP contribution in [-0.2, 0) is 22.7 Å². The maximum Gasteiger partial charge on any atom is 2.00 e. The van der Waals surface area contributed by atoms with Crippen LogP contribution in [0.15, 0.2) is 0 Å². The van der Waals surface area contributed by atoms with Gasteiger partial charge in [-0.2, -0.15) is 0 Å². The zero-order chi connectivity index (χ0) is 7.15. The smallest absolute Gasteiger partial charge is 0.784 e. The summed E-state index contributed by atoms with van der Waals surface area (Å²) >= 11 is -6.22. The van der Waals surface area contributed by atoms with Gasteiger partial charge in [0.25, 0.3) is 0 Å². The quantitative estimate of drug-likeness (QED) is 0.330. The summed E-state index contributed by atoms with van der Waals surface area (Å²) in [5, 5.41) is 0. The van der Waals surface area contributed by atoms with Crippen LogP contribution in [0.25, 0.3) is 0 Å². The Kier molecular flexibility index (Phi) is 42.0. The monoisotopic (exact) mass is 401 g/mol. The summed E-state index contributed by atoms with van der Waals surface area (Å²) in [5.74, 6) is 0. The fourth-order valence-electron chi connectivity index (χ4n) is 0. The van der Waals surface area contributed by atoms with Gasteiger partial charge in [-0.05, 0) is 0 Å². The Hall–Kier alpha value is 3.20. The first-order valence-corrected chi connectivity index (χ1v) is 3.00. The Balaban J connectivity index is -0.0000000300. The van der Waals surface area contributed by atoms with Crippen molar-refractivity contribution < 1.29 is 76.0 Å². The Bertz CT molecular complexity index is 73.7. The van der Waals surface area contributed by atoms with E-state index in [1.807, 2.05) is 0 Å². The molecule has 0 heterocycles. The summed E-state index contributed by atoms with van der Waals surface area (Å²) < 4.78 is 50.7. The van der Waals surface area contributed by atoms with Crippen molar-refractivity contribution in [2.75, 3.05) is 0 Å². The Morgan fingerprint density at radius 2 is 0.800 bits per heavy atom. The molecule has 0 atom stereocenters. The minimum Gasteiger partial charge on any atom is -0.784 e. The molecule has 0 aromatic rings. The van der Waals surface area contributed by atoms with Gasteiger partial charge < -0.3 is 18.2 Å². The predicted molar refractivity (Wildman–Crippen MR) is 25.1 cm³/mol. The van der Waals surface area contributed by atoms with Crippen LogP contribution in [-0.4, -0.2) is 72.1 Å². The van der Waals surface area contributed by atoms with Crippen molar-refractivity contribution in [2.24, 2.45) is 0 Å². The summed E-state index contributed by atoms with van der Waals surface area (Å²) in [6.45, 7) is 0. The van der Waals surface area contributed by atoms with Gasteiger partial charge in [-0.25, -0.2) is 0 Å². The molecule has 0 saturated heterocycles. The third-order valence-electron chi connectivity index (χ3n) is 0. The molecule has 10 heteroatoms. The van der Waals surface area contributed by atoms with Crippen LogP contribution in [0.4, 0.5) is 0 Å². The van der Waals surface area contributed by atoms with Gasteiger partial charge in [-0.15, -0.1) is 22.7 Å². The SMILES string of the molecule is O=S([O-])[O-].O=S([O-])[O-].[Eu+2].[Sr+2]. The normalized spacial score (nSPS) is 7.00. The second-order valence-corrected chi connectivity index (χ2v) is 1.22. The van der Waals surface area contributed by atoms with E-state index < -0.39 is 22.7 Å². The molecule has 0 aliphatic heterocycles. The molecule has 57 valence electrons. The van der Waals surface area contributed by atoms with Crippen molar-refractivity contribution in [1.82, 2.24) is 0 Å². The van der Waals surface area contributed by atoms with Crippen molar-refractivity contribution in [3.05, 3.63) is 0 Å². The van der Waals surface area contributed by atoms with Gasteiger partial charge in [-0.3, -0.25) is 8.42 Å². The standard InChI is InChI=1S/Eu.2H2O3S.Sr/c;2*1-4(2)3;/h;2*(H2,1,2,3);/q+2;;;+2/p-4. The zero-order valence-corrected chi connectivity index (χ0v) is 11.9. The van der Waals surface area contributed by atoms with Crippen molar-refractivity contribution in [2.45, 2.75) is 0 Å². The summed E-state index contributed by atoms with van der Waals surface area (Å²) in [6, 6.07) is 0. The molecule has 0 amide bonds. The van der Waals surface area contributed by atoms with E-state index in [9.17, 15) is 0 Å². The Morgan fingerprint density at radius 1 is 0.800 bits per heavy atom. The molecule has 1 radical (unpaired) electrons. The second-order valence-electron chi connectivity index (χ2n) is 0.408. The Labute approximate surface area is 141 Å². The molecule has 0 aliphatic rings. The second kappa shape index (κ2) is 18.1. The minimum absolute atomic E-state index is 0. The molecule has 0 aliphatic carbocycles. The van der Waals surface area contributed by atoms with E-state index in [0.717, 1.165) is 0 Å². The molecule has 0 unspecified atom stereocenters. The predicted octanol–water partition coefficient (Wildman–Crippen LogP) is -2.39. The summed E-state index contributed by atoms with van der Waals surface area (Å²) in [5.41, 5.74) is 0. The maximum atomic E-state index is 8.44. The van der Waals surface area contributed by atoms with Crippen molar-refractivity contribution in [3.8, 4) is 0 Å². The first-order chi connectivity index (χ1) is 3.46. The van der Waals surface area contributed by atoms with Crippen LogP contribution in [0.2, 0.25) is 0 Å². The molecule has 0 fully saturated rings. The largest absolute Gasteiger partial charge is 2.00 e. The van der Waals surface area contributed by atoms with E-state index >= 15 is 0 Å².